The molecular formula is C29H33NO3. The number of nitrogens with one attached hydrogen (secondary N) is 1. The van der Waals surface area contributed by atoms with Crippen LogP contribution >= 0.6 is 0 Å². The van der Waals surface area contributed by atoms with Crippen molar-refractivity contribution in [1.82, 2.24) is 5.32 Å². The van der Waals surface area contributed by atoms with Crippen molar-refractivity contribution in [3.63, 3.8) is 0 Å². The molecule has 3 aromatic carbocycles. The standard InChI is InChI=1S/C29H33NO3/c1-2-3-4-14-21-26(28(32)33)30-27(31)22-29(23-15-8-5-9-16-23,24-17-10-6-11-18-24)25-19-12-7-13-20-25/h5-13,15-20,26H,2-4,14,21-22H2,1H3,(H,30,31)(H,32,33)/t26-/m1/s1. The Labute approximate surface area is 196 Å². The lowest BCUT2D eigenvalue weighted by atomic mass is 9.67. The van der Waals surface area contributed by atoms with Crippen molar-refractivity contribution < 1.29 is 14.7 Å². The fourth-order valence-electron chi connectivity index (χ4n) is 4.49. The lowest BCUT2D eigenvalue weighted by molar-refractivity contribution is -0.142. The number of rotatable bonds is 12. The normalized spacial score (nSPS) is 12.2. The average molecular weight is 444 g/mol. The third-order valence-electron chi connectivity index (χ3n) is 6.21. The molecule has 0 spiro atoms. The molecule has 3 rings (SSSR count). The quantitative estimate of drug-likeness (QED) is 0.268. The summed E-state index contributed by atoms with van der Waals surface area (Å²) in [6.45, 7) is 2.12. The molecule has 0 aromatic heterocycles. The highest BCUT2D eigenvalue weighted by Crippen LogP contribution is 2.42. The third-order valence-corrected chi connectivity index (χ3v) is 6.21. The van der Waals surface area contributed by atoms with E-state index in [4.69, 9.17) is 0 Å². The van der Waals surface area contributed by atoms with Gasteiger partial charge in [-0.1, -0.05) is 124 Å². The molecule has 0 fully saturated rings. The first kappa shape index (κ1) is 24.2. The third kappa shape index (κ3) is 6.10. The predicted molar refractivity (Wildman–Crippen MR) is 132 cm³/mol. The second-order valence-electron chi connectivity index (χ2n) is 8.49. The summed E-state index contributed by atoms with van der Waals surface area (Å²) in [4.78, 5) is 25.3. The predicted octanol–water partition coefficient (Wildman–Crippen LogP) is 5.95. The second-order valence-corrected chi connectivity index (χ2v) is 8.49. The first-order valence-corrected chi connectivity index (χ1v) is 11.8. The number of carbonyl (C=O) groups is 2. The molecule has 0 radical (unpaired) electrons. The molecule has 0 unspecified atom stereocenters. The maximum Gasteiger partial charge on any atom is 0.326 e. The Balaban J connectivity index is 1.98. The molecule has 172 valence electrons. The zero-order valence-corrected chi connectivity index (χ0v) is 19.2. The summed E-state index contributed by atoms with van der Waals surface area (Å²) < 4.78 is 0. The minimum atomic E-state index is -0.982. The lowest BCUT2D eigenvalue weighted by Crippen LogP contribution is -2.44. The van der Waals surface area contributed by atoms with Crippen molar-refractivity contribution in [2.24, 2.45) is 0 Å². The molecular weight excluding hydrogens is 410 g/mol. The van der Waals surface area contributed by atoms with Gasteiger partial charge < -0.3 is 10.4 Å². The van der Waals surface area contributed by atoms with Crippen molar-refractivity contribution >= 4 is 11.9 Å². The summed E-state index contributed by atoms with van der Waals surface area (Å²) in [6, 6.07) is 29.0. The molecule has 1 amide bonds. The van der Waals surface area contributed by atoms with E-state index in [0.29, 0.717) is 6.42 Å². The van der Waals surface area contributed by atoms with Gasteiger partial charge in [0.25, 0.3) is 0 Å². The minimum absolute atomic E-state index is 0.115. The minimum Gasteiger partial charge on any atom is -0.480 e. The van der Waals surface area contributed by atoms with E-state index in [2.05, 4.69) is 12.2 Å². The zero-order valence-electron chi connectivity index (χ0n) is 19.2. The van der Waals surface area contributed by atoms with Crippen LogP contribution in [-0.2, 0) is 15.0 Å². The van der Waals surface area contributed by atoms with Crippen LogP contribution in [-0.4, -0.2) is 23.0 Å². The van der Waals surface area contributed by atoms with Crippen LogP contribution in [0, 0.1) is 0 Å². The number of benzene rings is 3. The van der Waals surface area contributed by atoms with Gasteiger partial charge in [0.15, 0.2) is 0 Å². The maximum atomic E-state index is 13.4. The molecule has 1 atom stereocenters. The number of carboxylic acid groups (broad SMARTS) is 1. The van der Waals surface area contributed by atoms with Gasteiger partial charge in [0, 0.05) is 6.42 Å². The summed E-state index contributed by atoms with van der Waals surface area (Å²) in [5.74, 6) is -1.25. The van der Waals surface area contributed by atoms with Crippen LogP contribution in [0.25, 0.3) is 0 Å². The van der Waals surface area contributed by atoms with E-state index < -0.39 is 17.4 Å². The average Bonchev–Trinajstić information content (AvgIpc) is 2.86. The molecule has 4 nitrogen and oxygen atoms in total. The highest BCUT2D eigenvalue weighted by molar-refractivity contribution is 5.85. The Bertz CT molecular complexity index is 906. The number of carboxylic acids is 1. The fraction of sp³-hybridized carbons (Fsp3) is 0.310. The summed E-state index contributed by atoms with van der Waals surface area (Å²) in [6.07, 6.45) is 4.46. The SMILES string of the molecule is CCCCCC[C@@H](NC(=O)CC(c1ccccc1)(c1ccccc1)c1ccccc1)C(=O)O. The van der Waals surface area contributed by atoms with Gasteiger partial charge in [0.1, 0.15) is 6.04 Å². The molecule has 0 aliphatic rings. The van der Waals surface area contributed by atoms with E-state index >= 15 is 0 Å². The van der Waals surface area contributed by atoms with Crippen LogP contribution in [0.5, 0.6) is 0 Å². The second kappa shape index (κ2) is 12.0. The fourth-order valence-corrected chi connectivity index (χ4v) is 4.49. The Hall–Kier alpha value is -3.40. The van der Waals surface area contributed by atoms with Crippen LogP contribution in [0.15, 0.2) is 91.0 Å². The lowest BCUT2D eigenvalue weighted by Gasteiger charge is -2.36. The number of hydrogen-bond acceptors (Lipinski definition) is 2. The molecule has 0 aliphatic carbocycles. The van der Waals surface area contributed by atoms with E-state index in [1.807, 2.05) is 91.0 Å². The molecule has 0 heterocycles. The molecule has 3 aromatic rings. The summed E-state index contributed by atoms with van der Waals surface area (Å²) >= 11 is 0. The van der Waals surface area contributed by atoms with Gasteiger partial charge in [0.05, 0.1) is 5.41 Å². The number of amides is 1. The Morgan fingerprint density at radius 3 is 1.61 bits per heavy atom. The van der Waals surface area contributed by atoms with E-state index in [9.17, 15) is 14.7 Å². The number of unbranched alkanes of at least 4 members (excludes halogenated alkanes) is 3. The van der Waals surface area contributed by atoms with Crippen molar-refractivity contribution in [2.45, 2.75) is 56.9 Å². The Morgan fingerprint density at radius 2 is 1.21 bits per heavy atom. The Kier molecular flexibility index (Phi) is 8.82. The number of hydrogen-bond donors (Lipinski definition) is 2. The molecule has 4 heteroatoms. The van der Waals surface area contributed by atoms with Crippen molar-refractivity contribution in [3.8, 4) is 0 Å². The molecule has 0 saturated heterocycles. The van der Waals surface area contributed by atoms with E-state index in [-0.39, 0.29) is 12.3 Å². The molecule has 0 saturated carbocycles. The first-order valence-electron chi connectivity index (χ1n) is 11.8. The van der Waals surface area contributed by atoms with E-state index in [0.717, 1.165) is 42.4 Å². The van der Waals surface area contributed by atoms with Gasteiger partial charge in [-0.3, -0.25) is 4.79 Å². The van der Waals surface area contributed by atoms with Crippen LogP contribution in [0.4, 0.5) is 0 Å². The highest BCUT2D eigenvalue weighted by atomic mass is 16.4. The zero-order chi connectivity index (χ0) is 23.5. The van der Waals surface area contributed by atoms with Gasteiger partial charge in [-0.25, -0.2) is 4.79 Å². The van der Waals surface area contributed by atoms with Crippen LogP contribution in [0.2, 0.25) is 0 Å². The first-order chi connectivity index (χ1) is 16.1. The summed E-state index contributed by atoms with van der Waals surface area (Å²) in [7, 11) is 0. The van der Waals surface area contributed by atoms with Crippen LogP contribution < -0.4 is 5.32 Å². The van der Waals surface area contributed by atoms with Gasteiger partial charge >= 0.3 is 5.97 Å². The van der Waals surface area contributed by atoms with Gasteiger partial charge in [-0.2, -0.15) is 0 Å². The largest absolute Gasteiger partial charge is 0.480 e. The van der Waals surface area contributed by atoms with Gasteiger partial charge in [0.2, 0.25) is 5.91 Å². The molecule has 2 N–H and O–H groups in total. The summed E-state index contributed by atoms with van der Waals surface area (Å²) in [5, 5.41) is 12.5. The van der Waals surface area contributed by atoms with Crippen molar-refractivity contribution in [2.75, 3.05) is 0 Å². The maximum absolute atomic E-state index is 13.4. The number of aliphatic carboxylic acids is 1. The monoisotopic (exact) mass is 443 g/mol. The molecule has 33 heavy (non-hydrogen) atoms. The van der Waals surface area contributed by atoms with Gasteiger partial charge in [-0.05, 0) is 23.1 Å². The number of carbonyl (C=O) groups excluding carboxylic acids is 1. The summed E-state index contributed by atoms with van der Waals surface area (Å²) in [5.41, 5.74) is 2.24. The van der Waals surface area contributed by atoms with Gasteiger partial charge in [-0.15, -0.1) is 0 Å². The van der Waals surface area contributed by atoms with E-state index in [1.165, 1.54) is 0 Å². The van der Waals surface area contributed by atoms with Crippen molar-refractivity contribution in [3.05, 3.63) is 108 Å². The smallest absolute Gasteiger partial charge is 0.326 e. The highest BCUT2D eigenvalue weighted by Gasteiger charge is 2.39. The Morgan fingerprint density at radius 1 is 0.758 bits per heavy atom. The molecule has 0 bridgehead atoms. The van der Waals surface area contributed by atoms with E-state index in [1.54, 1.807) is 0 Å². The van der Waals surface area contributed by atoms with Crippen LogP contribution in [0.1, 0.15) is 62.1 Å². The van der Waals surface area contributed by atoms with Crippen molar-refractivity contribution in [1.29, 1.82) is 0 Å². The van der Waals surface area contributed by atoms with Crippen LogP contribution in [0.3, 0.4) is 0 Å². The topological polar surface area (TPSA) is 66.4 Å². The molecule has 0 aliphatic heterocycles.